The Morgan fingerprint density at radius 1 is 0.235 bits per heavy atom. The van der Waals surface area contributed by atoms with Crippen molar-refractivity contribution in [3.8, 4) is 34.5 Å². The lowest BCUT2D eigenvalue weighted by Gasteiger charge is -2.34. The van der Waals surface area contributed by atoms with E-state index in [1.807, 2.05) is 0 Å². The number of rotatable bonds is 88. The molecule has 0 heterocycles. The van der Waals surface area contributed by atoms with Crippen molar-refractivity contribution in [1.82, 2.24) is 0 Å². The van der Waals surface area contributed by atoms with Gasteiger partial charge in [0.05, 0.1) is 77.2 Å². The van der Waals surface area contributed by atoms with Crippen LogP contribution in [0.3, 0.4) is 0 Å². The molecule has 4 N–H and O–H groups in total. The van der Waals surface area contributed by atoms with Gasteiger partial charge < -0.3 is 67.8 Å². The predicted octanol–water partition coefficient (Wildman–Crippen LogP) is 26.6. The van der Waals surface area contributed by atoms with Crippen molar-refractivity contribution in [2.45, 2.75) is 441 Å². The molecule has 0 fully saturated rings. The van der Waals surface area contributed by atoms with E-state index in [0.29, 0.717) is 74.1 Å². The van der Waals surface area contributed by atoms with Crippen molar-refractivity contribution < 1.29 is 87.0 Å². The maximum atomic E-state index is 15.3. The predicted molar refractivity (Wildman–Crippen MR) is 486 cm³/mol. The first kappa shape index (κ1) is 110. The number of esters is 4. The highest BCUT2D eigenvalue weighted by Crippen LogP contribution is 2.43. The van der Waals surface area contributed by atoms with Gasteiger partial charge in [0.15, 0.2) is 23.0 Å². The van der Waals surface area contributed by atoms with Gasteiger partial charge in [0, 0.05) is 0 Å². The summed E-state index contributed by atoms with van der Waals surface area (Å²) < 4.78 is 64.8. The molecule has 2 aromatic carbocycles. The smallest absolute Gasteiger partial charge is 0.338 e. The summed E-state index contributed by atoms with van der Waals surface area (Å²) in [4.78, 5) is 58.9. The van der Waals surface area contributed by atoms with Gasteiger partial charge in [0.2, 0.25) is 11.5 Å². The van der Waals surface area contributed by atoms with E-state index in [9.17, 15) is 30.0 Å². The molecule has 0 unspecified atom stereocenters. The molecule has 0 saturated heterocycles. The number of carbonyl (C=O) groups is 4. The van der Waals surface area contributed by atoms with Crippen molar-refractivity contribution in [3.05, 3.63) is 35.4 Å². The lowest BCUT2D eigenvalue weighted by molar-refractivity contribution is -0.175. The molecular weight excluding hydrogens is 1500 g/mol. The second kappa shape index (κ2) is 75.5. The number of hydrogen-bond acceptors (Lipinski definition) is 18. The molecule has 119 heavy (non-hydrogen) atoms. The van der Waals surface area contributed by atoms with Crippen molar-refractivity contribution in [2.24, 2.45) is 16.2 Å². The first-order valence-electron chi connectivity index (χ1n) is 49.4. The zero-order valence-corrected chi connectivity index (χ0v) is 77.6. The van der Waals surface area contributed by atoms with E-state index in [4.69, 9.17) is 47.4 Å². The summed E-state index contributed by atoms with van der Waals surface area (Å²) >= 11 is 0. The normalized spacial score (nSPS) is 11.8. The molecule has 0 saturated carbocycles. The van der Waals surface area contributed by atoms with Gasteiger partial charge in [0.1, 0.15) is 42.7 Å². The standard InChI is InChI=1S/C101H180O18/c1-9-15-21-27-33-39-45-51-57-63-69-110-89-75-87(76-90(111-70-64-58-52-46-40-34-28-22-16-10-2)93(89)114-73-67-61-55-49-43-37-31-25-19-13-5)95(106)116-83-101(85-118-97(108)99(7,79-102)80-103,86-119-98(109)100(8,81-104)82-105)84-117-96(107)88-77-91(112-71-65-59-53-47-41-35-29-23-17-11-3)94(115-74-68-62-56-50-44-38-32-26-20-14-6)92(78-88)113-72-66-60-54-48-42-36-30-24-18-12-4/h75-78,102-105H,9-74,79-86H2,1-8H3. The van der Waals surface area contributed by atoms with E-state index in [1.54, 1.807) is 24.3 Å². The third-order valence-corrected chi connectivity index (χ3v) is 23.4. The number of hydrogen-bond donors (Lipinski definition) is 4. The largest absolute Gasteiger partial charge is 0.490 e. The van der Waals surface area contributed by atoms with Crippen LogP contribution in [0.1, 0.15) is 461 Å². The second-order valence-electron chi connectivity index (χ2n) is 35.3. The van der Waals surface area contributed by atoms with Crippen molar-refractivity contribution in [2.75, 3.05) is 92.5 Å². The Kier molecular flexibility index (Phi) is 69.8. The van der Waals surface area contributed by atoms with Gasteiger partial charge in [0.25, 0.3) is 0 Å². The molecule has 0 aliphatic rings. The summed E-state index contributed by atoms with van der Waals surface area (Å²) in [6.45, 7) is 12.1. The quantitative estimate of drug-likeness (QED) is 0.0273. The van der Waals surface area contributed by atoms with Crippen LogP contribution in [-0.2, 0) is 28.5 Å². The fourth-order valence-corrected chi connectivity index (χ4v) is 14.7. The molecule has 0 amide bonds. The average molecular weight is 1680 g/mol. The van der Waals surface area contributed by atoms with E-state index >= 15 is 9.59 Å². The van der Waals surface area contributed by atoms with Gasteiger partial charge in [-0.1, -0.05) is 388 Å². The first-order valence-corrected chi connectivity index (χ1v) is 49.4. The molecule has 0 bridgehead atoms. The van der Waals surface area contributed by atoms with Gasteiger partial charge in [-0.2, -0.15) is 0 Å². The molecule has 2 aromatic rings. The summed E-state index contributed by atoms with van der Waals surface area (Å²) in [6, 6.07) is 6.39. The summed E-state index contributed by atoms with van der Waals surface area (Å²) in [7, 11) is 0. The van der Waals surface area contributed by atoms with Crippen LogP contribution < -0.4 is 28.4 Å². The number of aliphatic hydroxyl groups is 4. The molecule has 0 spiro atoms. The zero-order valence-electron chi connectivity index (χ0n) is 77.6. The topological polar surface area (TPSA) is 241 Å². The van der Waals surface area contributed by atoms with Crippen molar-refractivity contribution in [1.29, 1.82) is 0 Å². The summed E-state index contributed by atoms with van der Waals surface area (Å²) in [5, 5.41) is 42.0. The maximum absolute atomic E-state index is 15.3. The van der Waals surface area contributed by atoms with Gasteiger partial charge in [-0.05, 0) is 76.6 Å². The number of benzene rings is 2. The summed E-state index contributed by atoms with van der Waals surface area (Å²) in [5.74, 6) is -1.78. The number of ether oxygens (including phenoxy) is 10. The minimum Gasteiger partial charge on any atom is -0.490 e. The lowest BCUT2D eigenvalue weighted by atomic mass is 9.90. The molecule has 18 heteroatoms. The van der Waals surface area contributed by atoms with Gasteiger partial charge in [-0.3, -0.25) is 9.59 Å². The number of aliphatic hydroxyl groups excluding tert-OH is 4. The minimum atomic E-state index is -1.95. The monoisotopic (exact) mass is 1680 g/mol. The van der Waals surface area contributed by atoms with Crippen LogP contribution in [0.4, 0.5) is 0 Å². The fourth-order valence-electron chi connectivity index (χ4n) is 14.7. The van der Waals surface area contributed by atoms with Gasteiger partial charge in [-0.25, -0.2) is 9.59 Å². The maximum Gasteiger partial charge on any atom is 0.338 e. The summed E-state index contributed by atoms with van der Waals surface area (Å²) in [5.41, 5.74) is -5.50. The fraction of sp³-hybridized carbons (Fsp3) is 0.842. The Morgan fingerprint density at radius 3 is 0.571 bits per heavy atom. The van der Waals surface area contributed by atoms with Crippen LogP contribution in [0.5, 0.6) is 34.5 Å². The molecular formula is C101H180O18. The van der Waals surface area contributed by atoms with Crippen LogP contribution in [0.15, 0.2) is 24.3 Å². The zero-order chi connectivity index (χ0) is 86.7. The Balaban J connectivity index is 2.90. The highest BCUT2D eigenvalue weighted by molar-refractivity contribution is 5.92. The Hall–Kier alpha value is -5.04. The Labute approximate surface area is 726 Å². The third-order valence-electron chi connectivity index (χ3n) is 23.4. The van der Waals surface area contributed by atoms with E-state index in [1.165, 1.54) is 258 Å². The van der Waals surface area contributed by atoms with E-state index in [0.717, 1.165) is 141 Å². The molecule has 18 nitrogen and oxygen atoms in total. The Morgan fingerprint density at radius 2 is 0.395 bits per heavy atom. The molecule has 692 valence electrons. The lowest BCUT2D eigenvalue weighted by Crippen LogP contribution is -2.47. The van der Waals surface area contributed by atoms with Crippen LogP contribution in [0, 0.1) is 16.2 Å². The van der Waals surface area contributed by atoms with Crippen molar-refractivity contribution in [3.63, 3.8) is 0 Å². The highest BCUT2D eigenvalue weighted by Gasteiger charge is 2.44. The minimum absolute atomic E-state index is 0.0414. The SMILES string of the molecule is CCCCCCCCCCCCOc1cc(C(=O)OCC(COC(=O)c2cc(OCCCCCCCCCCCC)c(OCCCCCCCCCCCC)c(OCCCCCCCCCCCC)c2)(COC(=O)C(C)(CO)CO)COC(=O)C(C)(CO)CO)cc(OCCCCCCCCCCCC)c1OCCCCCCCCCCCC. The second-order valence-corrected chi connectivity index (χ2v) is 35.3. The molecule has 2 rings (SSSR count). The van der Waals surface area contributed by atoms with Crippen LogP contribution in [0.25, 0.3) is 0 Å². The average Bonchev–Trinajstić information content (AvgIpc) is 0.811. The van der Waals surface area contributed by atoms with E-state index in [2.05, 4.69) is 41.5 Å². The number of carbonyl (C=O) groups excluding carboxylic acids is 4. The number of unbranched alkanes of at least 4 members (excludes halogenated alkanes) is 54. The Bertz CT molecular complexity index is 2450. The van der Waals surface area contributed by atoms with Crippen molar-refractivity contribution >= 4 is 23.9 Å². The molecule has 0 radical (unpaired) electrons. The highest BCUT2D eigenvalue weighted by atomic mass is 16.6. The molecule has 0 aromatic heterocycles. The van der Waals surface area contributed by atoms with Crippen LogP contribution >= 0.6 is 0 Å². The summed E-state index contributed by atoms with van der Waals surface area (Å²) in [6.07, 6.45) is 68.9. The first-order chi connectivity index (χ1) is 58.1. The molecule has 0 aliphatic carbocycles. The van der Waals surface area contributed by atoms with Crippen LogP contribution in [0.2, 0.25) is 0 Å². The van der Waals surface area contributed by atoms with Crippen LogP contribution in [-0.4, -0.2) is 137 Å². The molecule has 0 aliphatic heterocycles. The van der Waals surface area contributed by atoms with E-state index < -0.39 is 93.0 Å². The molecule has 0 atom stereocenters. The van der Waals surface area contributed by atoms with Gasteiger partial charge in [-0.15, -0.1) is 0 Å². The van der Waals surface area contributed by atoms with E-state index in [-0.39, 0.29) is 11.1 Å². The van der Waals surface area contributed by atoms with Gasteiger partial charge >= 0.3 is 23.9 Å². The third kappa shape index (κ3) is 53.7.